The molecule has 2 aliphatic rings. The molecule has 1 saturated heterocycles. The van der Waals surface area contributed by atoms with Gasteiger partial charge in [0.25, 0.3) is 0 Å². The van der Waals surface area contributed by atoms with E-state index in [-0.39, 0.29) is 18.4 Å². The van der Waals surface area contributed by atoms with E-state index in [1.165, 1.54) is 0 Å². The van der Waals surface area contributed by atoms with Crippen LogP contribution in [0.15, 0.2) is 41.3 Å². The third-order valence-corrected chi connectivity index (χ3v) is 6.42. The predicted octanol–water partition coefficient (Wildman–Crippen LogP) is 4.84. The number of pyridine rings is 2. The number of nitrogens with one attached hydrogen (secondary N) is 1. The largest absolute Gasteiger partial charge is 0.416 e. The van der Waals surface area contributed by atoms with Crippen molar-refractivity contribution in [2.45, 2.75) is 43.8 Å². The summed E-state index contributed by atoms with van der Waals surface area (Å²) in [6, 6.07) is 4.82. The maximum Gasteiger partial charge on any atom is 0.416 e. The molecule has 11 heteroatoms. The van der Waals surface area contributed by atoms with E-state index in [1.54, 1.807) is 28.1 Å². The van der Waals surface area contributed by atoms with Crippen molar-refractivity contribution in [1.82, 2.24) is 14.9 Å². The Bertz CT molecular complexity index is 1010. The van der Waals surface area contributed by atoms with Crippen LogP contribution in [0.3, 0.4) is 0 Å². The second kappa shape index (κ2) is 8.68. The Balaban J connectivity index is 1.54. The van der Waals surface area contributed by atoms with Crippen molar-refractivity contribution < 1.29 is 22.8 Å². The molecule has 0 radical (unpaired) electrons. The van der Waals surface area contributed by atoms with Crippen molar-refractivity contribution in [1.29, 1.82) is 0 Å². The van der Waals surface area contributed by atoms with Gasteiger partial charge in [-0.2, -0.15) is 13.2 Å². The molecule has 1 aliphatic heterocycles. The van der Waals surface area contributed by atoms with E-state index in [4.69, 9.17) is 0 Å². The standard InChI is InChI=1S/C21H21BrF3N5O2/c22-16-5-4-15(11-27-16)29-13-20(7-2-1-3-8-20)30(19(29)32)12-18(31)28-17-10-14(6-9-26-17)21(23,24)25/h4-6,9-11H,1-3,7-8,12-13H2,(H,26,28,31). The van der Waals surface area contributed by atoms with Crippen LogP contribution in [0, 0.1) is 0 Å². The number of aromatic nitrogens is 2. The molecule has 3 heterocycles. The number of hydrogen-bond donors (Lipinski definition) is 1. The van der Waals surface area contributed by atoms with Gasteiger partial charge in [-0.25, -0.2) is 14.8 Å². The van der Waals surface area contributed by atoms with Crippen LogP contribution in [0.4, 0.5) is 29.5 Å². The monoisotopic (exact) mass is 511 g/mol. The number of alkyl halides is 3. The lowest BCUT2D eigenvalue weighted by Gasteiger charge is -2.39. The number of halogens is 4. The number of amides is 3. The first-order valence-corrected chi connectivity index (χ1v) is 11.0. The van der Waals surface area contributed by atoms with Crippen molar-refractivity contribution in [2.75, 3.05) is 23.3 Å². The normalized spacial score (nSPS) is 18.3. The van der Waals surface area contributed by atoms with Gasteiger partial charge in [0.05, 0.1) is 29.5 Å². The van der Waals surface area contributed by atoms with Crippen molar-refractivity contribution in [2.24, 2.45) is 0 Å². The Morgan fingerprint density at radius 1 is 1.16 bits per heavy atom. The van der Waals surface area contributed by atoms with Crippen LogP contribution in [-0.4, -0.2) is 45.4 Å². The summed E-state index contributed by atoms with van der Waals surface area (Å²) in [5.41, 5.74) is -0.774. The lowest BCUT2D eigenvalue weighted by atomic mass is 9.81. The zero-order valence-corrected chi connectivity index (χ0v) is 18.6. The van der Waals surface area contributed by atoms with Gasteiger partial charge in [0, 0.05) is 6.20 Å². The maximum absolute atomic E-state index is 13.3. The summed E-state index contributed by atoms with van der Waals surface area (Å²) >= 11 is 3.28. The maximum atomic E-state index is 13.3. The van der Waals surface area contributed by atoms with Crippen LogP contribution < -0.4 is 10.2 Å². The Kier molecular flexibility index (Phi) is 6.11. The number of carbonyl (C=O) groups excluding carboxylic acids is 2. The van der Waals surface area contributed by atoms with Gasteiger partial charge in [0.2, 0.25) is 5.91 Å². The van der Waals surface area contributed by atoms with Gasteiger partial charge in [0.1, 0.15) is 17.0 Å². The topological polar surface area (TPSA) is 78.4 Å². The molecule has 1 aliphatic carbocycles. The van der Waals surface area contributed by atoms with Crippen LogP contribution >= 0.6 is 15.9 Å². The average Bonchev–Trinajstić information content (AvgIpc) is 3.00. The Labute approximate surface area is 191 Å². The molecule has 1 spiro atoms. The fourth-order valence-electron chi connectivity index (χ4n) is 4.40. The zero-order valence-electron chi connectivity index (χ0n) is 17.0. The number of rotatable bonds is 4. The number of urea groups is 1. The second-order valence-corrected chi connectivity index (χ2v) is 8.87. The van der Waals surface area contributed by atoms with Crippen molar-refractivity contribution >= 4 is 39.4 Å². The molecule has 7 nitrogen and oxygen atoms in total. The number of anilines is 2. The van der Waals surface area contributed by atoms with Gasteiger partial charge >= 0.3 is 12.2 Å². The molecule has 1 saturated carbocycles. The lowest BCUT2D eigenvalue weighted by Crippen LogP contribution is -2.51. The third kappa shape index (κ3) is 4.57. The van der Waals surface area contributed by atoms with Gasteiger partial charge in [-0.1, -0.05) is 19.3 Å². The van der Waals surface area contributed by atoms with E-state index in [0.29, 0.717) is 16.8 Å². The van der Waals surface area contributed by atoms with E-state index < -0.39 is 23.2 Å². The number of hydrogen-bond acceptors (Lipinski definition) is 4. The summed E-state index contributed by atoms with van der Waals surface area (Å²) in [4.78, 5) is 37.2. The van der Waals surface area contributed by atoms with E-state index in [0.717, 1.165) is 50.4 Å². The molecule has 0 unspecified atom stereocenters. The molecule has 1 N–H and O–H groups in total. The smallest absolute Gasteiger partial charge is 0.309 e. The lowest BCUT2D eigenvalue weighted by molar-refractivity contribution is -0.137. The summed E-state index contributed by atoms with van der Waals surface area (Å²) in [5, 5.41) is 2.40. The van der Waals surface area contributed by atoms with Crippen LogP contribution in [0.1, 0.15) is 37.7 Å². The first-order chi connectivity index (χ1) is 15.2. The van der Waals surface area contributed by atoms with Crippen LogP contribution in [0.5, 0.6) is 0 Å². The molecule has 3 amide bonds. The average molecular weight is 512 g/mol. The Morgan fingerprint density at radius 2 is 1.91 bits per heavy atom. The summed E-state index contributed by atoms with van der Waals surface area (Å²) in [5.74, 6) is -0.797. The quantitative estimate of drug-likeness (QED) is 0.595. The van der Waals surface area contributed by atoms with E-state index in [2.05, 4.69) is 31.2 Å². The fraction of sp³-hybridized carbons (Fsp3) is 0.429. The van der Waals surface area contributed by atoms with Gasteiger partial charge in [-0.15, -0.1) is 0 Å². The molecule has 2 fully saturated rings. The summed E-state index contributed by atoms with van der Waals surface area (Å²) in [6.07, 6.45) is 2.49. The second-order valence-electron chi connectivity index (χ2n) is 8.05. The molecule has 2 aromatic heterocycles. The molecule has 32 heavy (non-hydrogen) atoms. The van der Waals surface area contributed by atoms with Crippen LogP contribution in [0.25, 0.3) is 0 Å². The Morgan fingerprint density at radius 3 is 2.56 bits per heavy atom. The first-order valence-electron chi connectivity index (χ1n) is 10.2. The molecular weight excluding hydrogens is 491 g/mol. The minimum absolute atomic E-state index is 0.205. The van der Waals surface area contributed by atoms with Crippen LogP contribution in [0.2, 0.25) is 0 Å². The van der Waals surface area contributed by atoms with E-state index in [9.17, 15) is 22.8 Å². The minimum atomic E-state index is -4.54. The first kappa shape index (κ1) is 22.5. The fourth-order valence-corrected chi connectivity index (χ4v) is 4.63. The van der Waals surface area contributed by atoms with E-state index >= 15 is 0 Å². The van der Waals surface area contributed by atoms with Crippen molar-refractivity contribution in [3.05, 3.63) is 46.8 Å². The molecule has 0 atom stereocenters. The third-order valence-electron chi connectivity index (χ3n) is 5.95. The number of nitrogens with zero attached hydrogens (tertiary/aromatic N) is 4. The van der Waals surface area contributed by atoms with E-state index in [1.807, 2.05) is 0 Å². The highest BCUT2D eigenvalue weighted by Gasteiger charge is 2.50. The van der Waals surface area contributed by atoms with Crippen molar-refractivity contribution in [3.63, 3.8) is 0 Å². The summed E-state index contributed by atoms with van der Waals surface area (Å²) in [7, 11) is 0. The SMILES string of the molecule is O=C(CN1C(=O)N(c2ccc(Br)nc2)CC12CCCCC2)Nc1cc(C(F)(F)F)ccn1. The summed E-state index contributed by atoms with van der Waals surface area (Å²) in [6.45, 7) is 0.168. The highest BCUT2D eigenvalue weighted by Crippen LogP contribution is 2.41. The van der Waals surface area contributed by atoms with Gasteiger partial charge in [-0.3, -0.25) is 9.69 Å². The van der Waals surface area contributed by atoms with Gasteiger partial charge in [0.15, 0.2) is 0 Å². The molecule has 0 bridgehead atoms. The zero-order chi connectivity index (χ0) is 22.9. The highest BCUT2D eigenvalue weighted by molar-refractivity contribution is 9.10. The highest BCUT2D eigenvalue weighted by atomic mass is 79.9. The molecule has 2 aromatic rings. The minimum Gasteiger partial charge on any atom is -0.309 e. The summed E-state index contributed by atoms with van der Waals surface area (Å²) < 4.78 is 39.5. The molecule has 4 rings (SSSR count). The van der Waals surface area contributed by atoms with Gasteiger partial charge < -0.3 is 10.2 Å². The van der Waals surface area contributed by atoms with Crippen molar-refractivity contribution in [3.8, 4) is 0 Å². The molecule has 0 aromatic carbocycles. The van der Waals surface area contributed by atoms with Gasteiger partial charge in [-0.05, 0) is 53.0 Å². The Hall–Kier alpha value is -2.69. The number of carbonyl (C=O) groups is 2. The molecule has 170 valence electrons. The van der Waals surface area contributed by atoms with Crippen LogP contribution in [-0.2, 0) is 11.0 Å². The molecular formula is C21H21BrF3N5O2. The predicted molar refractivity (Wildman–Crippen MR) is 115 cm³/mol.